The molecule has 0 saturated carbocycles. The maximum atomic E-state index is 11.1. The Morgan fingerprint density at radius 2 is 2.07 bits per heavy atom. The van der Waals surface area contributed by atoms with E-state index in [2.05, 4.69) is 10.1 Å². The van der Waals surface area contributed by atoms with E-state index in [1.54, 1.807) is 0 Å². The maximum absolute atomic E-state index is 11.1. The van der Waals surface area contributed by atoms with Gasteiger partial charge in [-0.25, -0.2) is 4.79 Å². The van der Waals surface area contributed by atoms with Gasteiger partial charge in [-0.15, -0.1) is 0 Å². The Morgan fingerprint density at radius 3 is 2.50 bits per heavy atom. The zero-order valence-electron chi connectivity index (χ0n) is 8.83. The van der Waals surface area contributed by atoms with Crippen molar-refractivity contribution in [1.29, 1.82) is 0 Å². The fourth-order valence-electron chi connectivity index (χ4n) is 0.902. The molecule has 0 spiro atoms. The summed E-state index contributed by atoms with van der Waals surface area (Å²) in [5.74, 6) is -0.767. The molecule has 5 nitrogen and oxygen atoms in total. The fraction of sp³-hybridized carbons (Fsp3) is 0.778. The van der Waals surface area contributed by atoms with Gasteiger partial charge in [0, 0.05) is 13.5 Å². The van der Waals surface area contributed by atoms with E-state index in [0.717, 1.165) is 6.42 Å². The first-order chi connectivity index (χ1) is 6.61. The fourth-order valence-corrected chi connectivity index (χ4v) is 0.902. The zero-order chi connectivity index (χ0) is 11.0. The van der Waals surface area contributed by atoms with Crippen LogP contribution in [0.4, 0.5) is 0 Å². The predicted octanol–water partition coefficient (Wildman–Crippen LogP) is 0.0907. The molecule has 0 bridgehead atoms. The van der Waals surface area contributed by atoms with Gasteiger partial charge in [0.05, 0.1) is 13.7 Å². The second-order valence-corrected chi connectivity index (χ2v) is 2.85. The molecule has 1 amide bonds. The average molecular weight is 203 g/mol. The smallest absolute Gasteiger partial charge is 0.330 e. The molecule has 1 N–H and O–H groups in total. The summed E-state index contributed by atoms with van der Waals surface area (Å²) in [6, 6.07) is -0.705. The van der Waals surface area contributed by atoms with Gasteiger partial charge in [0.15, 0.2) is 6.04 Å². The molecule has 5 heteroatoms. The molecule has 0 aliphatic heterocycles. The normalized spacial score (nSPS) is 11.9. The molecular weight excluding hydrogens is 186 g/mol. The van der Waals surface area contributed by atoms with Gasteiger partial charge in [-0.3, -0.25) is 4.79 Å². The Morgan fingerprint density at radius 1 is 1.43 bits per heavy atom. The van der Waals surface area contributed by atoms with E-state index in [0.29, 0.717) is 6.61 Å². The average Bonchev–Trinajstić information content (AvgIpc) is 2.15. The minimum atomic E-state index is -0.705. The zero-order valence-corrected chi connectivity index (χ0v) is 8.83. The van der Waals surface area contributed by atoms with E-state index in [9.17, 15) is 9.59 Å². The van der Waals surface area contributed by atoms with Gasteiger partial charge in [0.1, 0.15) is 0 Å². The van der Waals surface area contributed by atoms with Crippen LogP contribution in [0, 0.1) is 0 Å². The highest BCUT2D eigenvalue weighted by Crippen LogP contribution is 1.91. The highest BCUT2D eigenvalue weighted by atomic mass is 16.5. The van der Waals surface area contributed by atoms with Crippen LogP contribution < -0.4 is 5.32 Å². The Kier molecular flexibility index (Phi) is 6.74. The number of methoxy groups -OCH3 is 1. The van der Waals surface area contributed by atoms with Gasteiger partial charge in [0.2, 0.25) is 5.91 Å². The summed E-state index contributed by atoms with van der Waals surface area (Å²) in [4.78, 5) is 21.9. The number of esters is 1. The topological polar surface area (TPSA) is 64.6 Å². The van der Waals surface area contributed by atoms with Crippen molar-refractivity contribution in [1.82, 2.24) is 5.32 Å². The van der Waals surface area contributed by atoms with Crippen LogP contribution in [0.2, 0.25) is 0 Å². The highest BCUT2D eigenvalue weighted by molar-refractivity contribution is 5.83. The van der Waals surface area contributed by atoms with Crippen LogP contribution in [0.1, 0.15) is 20.3 Å². The molecule has 0 aliphatic rings. The molecule has 0 radical (unpaired) electrons. The summed E-state index contributed by atoms with van der Waals surface area (Å²) in [5.41, 5.74) is 0. The van der Waals surface area contributed by atoms with Gasteiger partial charge < -0.3 is 14.8 Å². The monoisotopic (exact) mass is 203 g/mol. The lowest BCUT2D eigenvalue weighted by molar-refractivity contribution is -0.146. The largest absolute Gasteiger partial charge is 0.467 e. The van der Waals surface area contributed by atoms with Gasteiger partial charge in [-0.1, -0.05) is 6.92 Å². The molecule has 82 valence electrons. The second kappa shape index (κ2) is 7.32. The van der Waals surface area contributed by atoms with Crippen LogP contribution in [0.15, 0.2) is 0 Å². The van der Waals surface area contributed by atoms with Crippen molar-refractivity contribution >= 4 is 11.9 Å². The van der Waals surface area contributed by atoms with Gasteiger partial charge in [-0.05, 0) is 6.42 Å². The van der Waals surface area contributed by atoms with Crippen LogP contribution in [0.3, 0.4) is 0 Å². The van der Waals surface area contributed by atoms with Crippen LogP contribution in [0.25, 0.3) is 0 Å². The van der Waals surface area contributed by atoms with Gasteiger partial charge in [-0.2, -0.15) is 0 Å². The van der Waals surface area contributed by atoms with E-state index in [1.807, 2.05) is 6.92 Å². The van der Waals surface area contributed by atoms with Crippen molar-refractivity contribution in [3.8, 4) is 0 Å². The lowest BCUT2D eigenvalue weighted by Gasteiger charge is -2.15. The summed E-state index contributed by atoms with van der Waals surface area (Å²) in [6.45, 7) is 4.02. The van der Waals surface area contributed by atoms with Crippen molar-refractivity contribution in [3.63, 3.8) is 0 Å². The molecule has 0 rings (SSSR count). The summed E-state index contributed by atoms with van der Waals surface area (Å²) in [7, 11) is 1.27. The molecule has 0 aromatic carbocycles. The van der Waals surface area contributed by atoms with Crippen molar-refractivity contribution in [2.75, 3.05) is 20.3 Å². The summed E-state index contributed by atoms with van der Waals surface area (Å²) < 4.78 is 9.66. The third-order valence-corrected chi connectivity index (χ3v) is 1.50. The van der Waals surface area contributed by atoms with Crippen molar-refractivity contribution in [3.05, 3.63) is 0 Å². The van der Waals surface area contributed by atoms with Crippen LogP contribution in [-0.4, -0.2) is 38.2 Å². The third-order valence-electron chi connectivity index (χ3n) is 1.50. The minimum Gasteiger partial charge on any atom is -0.467 e. The van der Waals surface area contributed by atoms with E-state index in [4.69, 9.17) is 4.74 Å². The maximum Gasteiger partial charge on any atom is 0.330 e. The standard InChI is InChI=1S/C9H17NO4/c1-4-5-14-6-8(9(12)13-3)10-7(2)11/h8H,4-6H2,1-3H3,(H,10,11). The molecule has 0 fully saturated rings. The van der Waals surface area contributed by atoms with Crippen molar-refractivity contribution < 1.29 is 19.1 Å². The highest BCUT2D eigenvalue weighted by Gasteiger charge is 2.19. The summed E-state index contributed by atoms with van der Waals surface area (Å²) in [6.07, 6.45) is 0.869. The molecule has 0 saturated heterocycles. The van der Waals surface area contributed by atoms with E-state index < -0.39 is 12.0 Å². The minimum absolute atomic E-state index is 0.153. The molecule has 0 aromatic rings. The Balaban J connectivity index is 3.97. The molecular formula is C9H17NO4. The lowest BCUT2D eigenvalue weighted by Crippen LogP contribution is -2.43. The Labute approximate surface area is 83.8 Å². The third kappa shape index (κ3) is 5.53. The quantitative estimate of drug-likeness (QED) is 0.491. The first kappa shape index (κ1) is 12.9. The van der Waals surface area contributed by atoms with Gasteiger partial charge >= 0.3 is 5.97 Å². The molecule has 0 aromatic heterocycles. The van der Waals surface area contributed by atoms with Crippen molar-refractivity contribution in [2.45, 2.75) is 26.3 Å². The number of hydrogen-bond acceptors (Lipinski definition) is 4. The summed E-state index contributed by atoms with van der Waals surface area (Å²) in [5, 5.41) is 2.45. The number of amides is 1. The van der Waals surface area contributed by atoms with Crippen LogP contribution >= 0.6 is 0 Å². The molecule has 0 heterocycles. The van der Waals surface area contributed by atoms with E-state index in [-0.39, 0.29) is 12.5 Å². The number of carbonyl (C=O) groups excluding carboxylic acids is 2. The van der Waals surface area contributed by atoms with Crippen molar-refractivity contribution in [2.24, 2.45) is 0 Å². The van der Waals surface area contributed by atoms with Crippen LogP contribution in [0.5, 0.6) is 0 Å². The Bertz CT molecular complexity index is 193. The number of nitrogens with one attached hydrogen (secondary N) is 1. The van der Waals surface area contributed by atoms with E-state index >= 15 is 0 Å². The molecule has 14 heavy (non-hydrogen) atoms. The number of carbonyl (C=O) groups is 2. The summed E-state index contributed by atoms with van der Waals surface area (Å²) >= 11 is 0. The molecule has 0 aliphatic carbocycles. The second-order valence-electron chi connectivity index (χ2n) is 2.85. The van der Waals surface area contributed by atoms with Gasteiger partial charge in [0.25, 0.3) is 0 Å². The first-order valence-corrected chi connectivity index (χ1v) is 4.54. The van der Waals surface area contributed by atoms with Crippen LogP contribution in [-0.2, 0) is 19.1 Å². The number of hydrogen-bond donors (Lipinski definition) is 1. The Hall–Kier alpha value is -1.10. The van der Waals surface area contributed by atoms with E-state index in [1.165, 1.54) is 14.0 Å². The number of rotatable bonds is 6. The molecule has 1 atom stereocenters. The molecule has 1 unspecified atom stereocenters. The predicted molar refractivity (Wildman–Crippen MR) is 50.7 cm³/mol. The SMILES string of the molecule is CCCOCC(NC(C)=O)C(=O)OC. The first-order valence-electron chi connectivity index (χ1n) is 4.54. The lowest BCUT2D eigenvalue weighted by atomic mass is 10.3. The number of ether oxygens (including phenoxy) is 2.